The van der Waals surface area contributed by atoms with E-state index >= 15 is 0 Å². The molecule has 0 aliphatic carbocycles. The molecule has 0 fully saturated rings. The molecule has 1 aromatic heterocycles. The molecule has 0 spiro atoms. The number of nitrogens with one attached hydrogen (secondary N) is 1. The largest absolute Gasteiger partial charge is 0.329 e. The number of aromatic nitrogens is 2. The predicted octanol–water partition coefficient (Wildman–Crippen LogP) is 1.80. The van der Waals surface area contributed by atoms with Gasteiger partial charge in [0.25, 0.3) is 0 Å². The summed E-state index contributed by atoms with van der Waals surface area (Å²) in [6.07, 6.45) is 0. The van der Waals surface area contributed by atoms with Crippen molar-refractivity contribution in [1.82, 2.24) is 9.97 Å². The molecule has 0 saturated heterocycles. The average Bonchev–Trinajstić information content (AvgIpc) is 2.42. The van der Waals surface area contributed by atoms with Crippen LogP contribution in [0, 0.1) is 0 Å². The van der Waals surface area contributed by atoms with Crippen molar-refractivity contribution in [2.45, 2.75) is 4.90 Å². The van der Waals surface area contributed by atoms with Crippen LogP contribution in [0.15, 0.2) is 23.1 Å². The molecule has 4 nitrogen and oxygen atoms in total. The predicted molar refractivity (Wildman–Crippen MR) is 50.1 cm³/mol. The standard InChI is InChI=1S/C7H5ClN2O2S/c8-7-9-5-2-1-4(13(11)12)3-6(5)10-7/h1-3H,(H,9,10)(H,11,12). The minimum absolute atomic E-state index is 0.274. The Bertz CT molecular complexity index is 482. The van der Waals surface area contributed by atoms with Crippen molar-refractivity contribution in [1.29, 1.82) is 0 Å². The Kier molecular flexibility index (Phi) is 2.07. The zero-order valence-electron chi connectivity index (χ0n) is 6.32. The van der Waals surface area contributed by atoms with Gasteiger partial charge in [-0.25, -0.2) is 9.19 Å². The fourth-order valence-corrected chi connectivity index (χ4v) is 1.66. The number of aromatic amines is 1. The third-order valence-electron chi connectivity index (χ3n) is 1.63. The van der Waals surface area contributed by atoms with Crippen LogP contribution in [0.4, 0.5) is 0 Å². The van der Waals surface area contributed by atoms with Gasteiger partial charge in [0, 0.05) is 0 Å². The van der Waals surface area contributed by atoms with Crippen LogP contribution < -0.4 is 0 Å². The Balaban J connectivity index is 2.67. The summed E-state index contributed by atoms with van der Waals surface area (Å²) in [7, 11) is 0. The Morgan fingerprint density at radius 3 is 3.00 bits per heavy atom. The minimum atomic E-state index is -1.97. The van der Waals surface area contributed by atoms with Gasteiger partial charge in [0.1, 0.15) is 0 Å². The first-order chi connectivity index (χ1) is 6.16. The minimum Gasteiger partial charge on any atom is -0.329 e. The highest BCUT2D eigenvalue weighted by Crippen LogP contribution is 2.17. The lowest BCUT2D eigenvalue weighted by Crippen LogP contribution is -1.86. The third kappa shape index (κ3) is 1.58. The highest BCUT2D eigenvalue weighted by Gasteiger charge is 2.04. The highest BCUT2D eigenvalue weighted by molar-refractivity contribution is 7.79. The lowest BCUT2D eigenvalue weighted by atomic mass is 10.3. The van der Waals surface area contributed by atoms with E-state index in [4.69, 9.17) is 16.2 Å². The highest BCUT2D eigenvalue weighted by atomic mass is 35.5. The molecule has 0 bridgehead atoms. The van der Waals surface area contributed by atoms with Gasteiger partial charge in [-0.1, -0.05) is 0 Å². The topological polar surface area (TPSA) is 66.0 Å². The fourth-order valence-electron chi connectivity index (χ4n) is 1.07. The molecule has 13 heavy (non-hydrogen) atoms. The van der Waals surface area contributed by atoms with E-state index in [0.29, 0.717) is 15.9 Å². The van der Waals surface area contributed by atoms with Crippen molar-refractivity contribution in [2.75, 3.05) is 0 Å². The molecule has 1 atom stereocenters. The Morgan fingerprint density at radius 1 is 1.54 bits per heavy atom. The van der Waals surface area contributed by atoms with Crippen molar-refractivity contribution < 1.29 is 8.76 Å². The van der Waals surface area contributed by atoms with Gasteiger partial charge in [-0.15, -0.1) is 0 Å². The van der Waals surface area contributed by atoms with Gasteiger partial charge < -0.3 is 9.54 Å². The maximum atomic E-state index is 10.7. The first kappa shape index (κ1) is 8.68. The van der Waals surface area contributed by atoms with Crippen molar-refractivity contribution >= 4 is 33.7 Å². The molecule has 0 aliphatic heterocycles. The Labute approximate surface area is 81.2 Å². The number of fused-ring (bicyclic) bond motifs is 1. The smallest absolute Gasteiger partial charge is 0.201 e. The lowest BCUT2D eigenvalue weighted by molar-refractivity contribution is 0.564. The maximum Gasteiger partial charge on any atom is 0.201 e. The van der Waals surface area contributed by atoms with Crippen molar-refractivity contribution in [3.8, 4) is 0 Å². The van der Waals surface area contributed by atoms with Crippen LogP contribution in [-0.2, 0) is 11.1 Å². The van der Waals surface area contributed by atoms with E-state index in [1.165, 1.54) is 6.07 Å². The molecule has 6 heteroatoms. The van der Waals surface area contributed by atoms with Gasteiger partial charge >= 0.3 is 0 Å². The summed E-state index contributed by atoms with van der Waals surface area (Å²) in [5.41, 5.74) is 1.34. The van der Waals surface area contributed by atoms with Crippen molar-refractivity contribution in [3.63, 3.8) is 0 Å². The summed E-state index contributed by atoms with van der Waals surface area (Å²) in [4.78, 5) is 7.03. The van der Waals surface area contributed by atoms with Crippen LogP contribution in [0.3, 0.4) is 0 Å². The molecule has 2 aromatic rings. The summed E-state index contributed by atoms with van der Waals surface area (Å²) in [6.45, 7) is 0. The van der Waals surface area contributed by atoms with Crippen molar-refractivity contribution in [3.05, 3.63) is 23.5 Å². The van der Waals surface area contributed by atoms with E-state index < -0.39 is 11.1 Å². The first-order valence-corrected chi connectivity index (χ1v) is 4.91. The second kappa shape index (κ2) is 3.10. The molecule has 0 radical (unpaired) electrons. The molecule has 2 rings (SSSR count). The monoisotopic (exact) mass is 216 g/mol. The van der Waals surface area contributed by atoms with Gasteiger partial charge in [0.05, 0.1) is 15.9 Å². The molecule has 0 amide bonds. The van der Waals surface area contributed by atoms with E-state index in [-0.39, 0.29) is 5.28 Å². The van der Waals surface area contributed by atoms with E-state index in [2.05, 4.69) is 9.97 Å². The molecule has 1 heterocycles. The quantitative estimate of drug-likeness (QED) is 0.715. The SMILES string of the molecule is O=S(O)c1ccc2nc(Cl)[nH]c2c1. The number of benzene rings is 1. The summed E-state index contributed by atoms with van der Waals surface area (Å²) in [5.74, 6) is 0. The molecular weight excluding hydrogens is 212 g/mol. The Morgan fingerprint density at radius 2 is 2.31 bits per heavy atom. The van der Waals surface area contributed by atoms with Crippen molar-refractivity contribution in [2.24, 2.45) is 0 Å². The normalized spacial score (nSPS) is 13.4. The number of hydrogen-bond acceptors (Lipinski definition) is 2. The van der Waals surface area contributed by atoms with Gasteiger partial charge in [0.2, 0.25) is 5.28 Å². The number of imidazole rings is 1. The second-order valence-corrected chi connectivity index (χ2v) is 3.78. The van der Waals surface area contributed by atoms with Crippen LogP contribution in [0.2, 0.25) is 5.28 Å². The molecule has 1 aromatic carbocycles. The summed E-state index contributed by atoms with van der Waals surface area (Å²) >= 11 is 3.64. The van der Waals surface area contributed by atoms with E-state index in [1.54, 1.807) is 12.1 Å². The zero-order chi connectivity index (χ0) is 9.42. The molecule has 0 aliphatic rings. The Hall–Kier alpha value is -0.910. The molecule has 2 N–H and O–H groups in total. The van der Waals surface area contributed by atoms with Crippen LogP contribution in [0.25, 0.3) is 11.0 Å². The van der Waals surface area contributed by atoms with Gasteiger partial charge in [-0.05, 0) is 29.8 Å². The molecule has 68 valence electrons. The number of nitrogens with zero attached hydrogens (tertiary/aromatic N) is 1. The number of H-pyrrole nitrogens is 1. The van der Waals surface area contributed by atoms with E-state index in [0.717, 1.165) is 0 Å². The average molecular weight is 217 g/mol. The molecule has 0 saturated carbocycles. The summed E-state index contributed by atoms with van der Waals surface area (Å²) in [5, 5.41) is 0.274. The number of hydrogen-bond donors (Lipinski definition) is 2. The second-order valence-electron chi connectivity index (χ2n) is 2.46. The van der Waals surface area contributed by atoms with Gasteiger partial charge in [-0.3, -0.25) is 0 Å². The van der Waals surface area contributed by atoms with Gasteiger partial charge in [0.15, 0.2) is 11.1 Å². The number of halogens is 1. The summed E-state index contributed by atoms with van der Waals surface area (Å²) < 4.78 is 19.5. The van der Waals surface area contributed by atoms with E-state index in [9.17, 15) is 4.21 Å². The van der Waals surface area contributed by atoms with Crippen LogP contribution in [0.5, 0.6) is 0 Å². The lowest BCUT2D eigenvalue weighted by Gasteiger charge is -1.92. The molecule has 1 unspecified atom stereocenters. The molecular formula is C7H5ClN2O2S. The van der Waals surface area contributed by atoms with Crippen LogP contribution in [-0.4, -0.2) is 18.7 Å². The number of rotatable bonds is 1. The fraction of sp³-hybridized carbons (Fsp3) is 0. The van der Waals surface area contributed by atoms with E-state index in [1.807, 2.05) is 0 Å². The first-order valence-electron chi connectivity index (χ1n) is 3.43. The zero-order valence-corrected chi connectivity index (χ0v) is 7.89. The van der Waals surface area contributed by atoms with Crippen LogP contribution in [0.1, 0.15) is 0 Å². The maximum absolute atomic E-state index is 10.7. The summed E-state index contributed by atoms with van der Waals surface area (Å²) in [6, 6.07) is 4.72. The third-order valence-corrected chi connectivity index (χ3v) is 2.46. The van der Waals surface area contributed by atoms with Gasteiger partial charge in [-0.2, -0.15) is 0 Å². The van der Waals surface area contributed by atoms with Crippen LogP contribution >= 0.6 is 11.6 Å².